The van der Waals surface area contributed by atoms with Crippen LogP contribution >= 0.6 is 11.3 Å². The van der Waals surface area contributed by atoms with E-state index < -0.39 is 5.97 Å². The minimum absolute atomic E-state index is 0.0471. The van der Waals surface area contributed by atoms with Crippen LogP contribution in [0, 0.1) is 0 Å². The predicted octanol–water partition coefficient (Wildman–Crippen LogP) is 2.29. The Balaban J connectivity index is 1.96. The largest absolute Gasteiger partial charge is 0.481 e. The lowest BCUT2D eigenvalue weighted by molar-refractivity contribution is -0.138. The molecule has 2 aromatic rings. The second-order valence-electron chi connectivity index (χ2n) is 4.65. The van der Waals surface area contributed by atoms with Gasteiger partial charge in [0.25, 0.3) is 0 Å². The van der Waals surface area contributed by atoms with Crippen molar-refractivity contribution in [3.05, 3.63) is 41.4 Å². The number of hydrogen-bond acceptors (Lipinski definition) is 4. The fourth-order valence-corrected chi connectivity index (χ4v) is 2.61. The van der Waals surface area contributed by atoms with Crippen molar-refractivity contribution in [3.8, 4) is 10.6 Å². The second-order valence-corrected chi connectivity index (χ2v) is 5.50. The average molecular weight is 304 g/mol. The molecule has 0 radical (unpaired) electrons. The first-order chi connectivity index (χ1) is 10.1. The summed E-state index contributed by atoms with van der Waals surface area (Å²) in [5.41, 5.74) is 1.74. The molecular formula is C15H16N2O3S. The Morgan fingerprint density at radius 1 is 1.29 bits per heavy atom. The quantitative estimate of drug-likeness (QED) is 0.889. The van der Waals surface area contributed by atoms with Crippen LogP contribution in [0.5, 0.6) is 0 Å². The Morgan fingerprint density at radius 2 is 2.00 bits per heavy atom. The maximum absolute atomic E-state index is 12.0. The van der Waals surface area contributed by atoms with Crippen LogP contribution in [-0.2, 0) is 16.0 Å². The summed E-state index contributed by atoms with van der Waals surface area (Å²) in [6.07, 6.45) is 0.147. The molecule has 2 rings (SSSR count). The van der Waals surface area contributed by atoms with Crippen molar-refractivity contribution in [2.45, 2.75) is 12.8 Å². The van der Waals surface area contributed by atoms with Gasteiger partial charge in [0, 0.05) is 24.5 Å². The number of hydrogen-bond donors (Lipinski definition) is 1. The highest BCUT2D eigenvalue weighted by Crippen LogP contribution is 2.23. The summed E-state index contributed by atoms with van der Waals surface area (Å²) in [5, 5.41) is 11.4. The van der Waals surface area contributed by atoms with E-state index in [0.717, 1.165) is 10.6 Å². The van der Waals surface area contributed by atoms with E-state index >= 15 is 0 Å². The van der Waals surface area contributed by atoms with E-state index in [9.17, 15) is 9.59 Å². The number of likely N-dealkylation sites (N-methyl/N-ethyl adjacent to an activating group) is 1. The molecule has 1 amide bonds. The van der Waals surface area contributed by atoms with Gasteiger partial charge in [-0.05, 0) is 0 Å². The highest BCUT2D eigenvalue weighted by atomic mass is 32.1. The number of carboxylic acid groups (broad SMARTS) is 1. The van der Waals surface area contributed by atoms with Crippen molar-refractivity contribution in [1.82, 2.24) is 9.88 Å². The standard InChI is InChI=1S/C15H16N2O3S/c1-17(8-7-14(19)20)13(18)9-12-10-21-15(16-12)11-5-3-2-4-6-11/h2-6,10H,7-9H2,1H3,(H,19,20). The van der Waals surface area contributed by atoms with Crippen LogP contribution in [0.3, 0.4) is 0 Å². The molecule has 0 aliphatic rings. The van der Waals surface area contributed by atoms with Gasteiger partial charge in [0.1, 0.15) is 5.01 Å². The van der Waals surface area contributed by atoms with Gasteiger partial charge in [-0.1, -0.05) is 30.3 Å². The molecule has 1 aromatic heterocycles. The molecule has 0 atom stereocenters. The molecule has 21 heavy (non-hydrogen) atoms. The number of aliphatic carboxylic acids is 1. The number of benzene rings is 1. The van der Waals surface area contributed by atoms with Gasteiger partial charge in [-0.2, -0.15) is 0 Å². The van der Waals surface area contributed by atoms with E-state index in [1.165, 1.54) is 16.2 Å². The van der Waals surface area contributed by atoms with Crippen molar-refractivity contribution in [3.63, 3.8) is 0 Å². The van der Waals surface area contributed by atoms with E-state index in [-0.39, 0.29) is 25.3 Å². The van der Waals surface area contributed by atoms with Crippen molar-refractivity contribution in [2.24, 2.45) is 0 Å². The summed E-state index contributed by atoms with van der Waals surface area (Å²) >= 11 is 1.50. The third-order valence-corrected chi connectivity index (χ3v) is 3.93. The van der Waals surface area contributed by atoms with Gasteiger partial charge >= 0.3 is 5.97 Å². The number of carbonyl (C=O) groups excluding carboxylic acids is 1. The molecule has 0 aliphatic heterocycles. The van der Waals surface area contributed by atoms with Crippen LogP contribution < -0.4 is 0 Å². The molecule has 0 fully saturated rings. The minimum atomic E-state index is -0.908. The molecule has 110 valence electrons. The van der Waals surface area contributed by atoms with Gasteiger partial charge in [-0.3, -0.25) is 9.59 Å². The Morgan fingerprint density at radius 3 is 2.67 bits per heavy atom. The fraction of sp³-hybridized carbons (Fsp3) is 0.267. The topological polar surface area (TPSA) is 70.5 Å². The fourth-order valence-electron chi connectivity index (χ4n) is 1.78. The summed E-state index contributed by atoms with van der Waals surface area (Å²) in [4.78, 5) is 28.3. The highest BCUT2D eigenvalue weighted by Gasteiger charge is 2.13. The lowest BCUT2D eigenvalue weighted by atomic mass is 10.2. The van der Waals surface area contributed by atoms with Crippen LogP contribution in [0.25, 0.3) is 10.6 Å². The first kappa shape index (κ1) is 15.2. The van der Waals surface area contributed by atoms with Gasteiger partial charge in [0.15, 0.2) is 0 Å². The molecular weight excluding hydrogens is 288 g/mol. The Bertz CT molecular complexity index is 625. The molecule has 5 nitrogen and oxygen atoms in total. The number of amides is 1. The minimum Gasteiger partial charge on any atom is -0.481 e. The van der Waals surface area contributed by atoms with Gasteiger partial charge in [-0.25, -0.2) is 4.98 Å². The third kappa shape index (κ3) is 4.39. The number of carbonyl (C=O) groups is 2. The number of carboxylic acids is 1. The van der Waals surface area contributed by atoms with Crippen LogP contribution in [0.2, 0.25) is 0 Å². The molecule has 6 heteroatoms. The zero-order valence-electron chi connectivity index (χ0n) is 11.7. The highest BCUT2D eigenvalue weighted by molar-refractivity contribution is 7.13. The molecule has 0 saturated carbocycles. The van der Waals surface area contributed by atoms with Crippen molar-refractivity contribution >= 4 is 23.2 Å². The van der Waals surface area contributed by atoms with Gasteiger partial charge in [-0.15, -0.1) is 11.3 Å². The maximum Gasteiger partial charge on any atom is 0.305 e. The normalized spacial score (nSPS) is 10.3. The molecule has 0 unspecified atom stereocenters. The number of nitrogens with zero attached hydrogens (tertiary/aromatic N) is 2. The smallest absolute Gasteiger partial charge is 0.305 e. The monoisotopic (exact) mass is 304 g/mol. The van der Waals surface area contributed by atoms with Crippen LogP contribution in [0.1, 0.15) is 12.1 Å². The van der Waals surface area contributed by atoms with E-state index in [1.807, 2.05) is 35.7 Å². The zero-order chi connectivity index (χ0) is 15.2. The summed E-state index contributed by atoms with van der Waals surface area (Å²) < 4.78 is 0. The number of rotatable bonds is 6. The molecule has 0 bridgehead atoms. The van der Waals surface area contributed by atoms with Crippen LogP contribution in [0.15, 0.2) is 35.7 Å². The zero-order valence-corrected chi connectivity index (χ0v) is 12.5. The first-order valence-electron chi connectivity index (χ1n) is 6.52. The van der Waals surface area contributed by atoms with E-state index in [2.05, 4.69) is 4.98 Å². The van der Waals surface area contributed by atoms with Crippen LogP contribution in [0.4, 0.5) is 0 Å². The Hall–Kier alpha value is -2.21. The summed E-state index contributed by atoms with van der Waals surface area (Å²) in [5.74, 6) is -1.03. The lowest BCUT2D eigenvalue weighted by Gasteiger charge is -2.15. The predicted molar refractivity (Wildman–Crippen MR) is 81.1 cm³/mol. The van der Waals surface area contributed by atoms with E-state index in [4.69, 9.17) is 5.11 Å². The number of aromatic nitrogens is 1. The van der Waals surface area contributed by atoms with Gasteiger partial charge in [0.2, 0.25) is 5.91 Å². The first-order valence-corrected chi connectivity index (χ1v) is 7.40. The molecule has 1 aromatic carbocycles. The average Bonchev–Trinajstić information content (AvgIpc) is 2.94. The molecule has 0 saturated heterocycles. The maximum atomic E-state index is 12.0. The Kier molecular flexibility index (Phi) is 5.05. The van der Waals surface area contributed by atoms with Crippen LogP contribution in [-0.4, -0.2) is 40.5 Å². The van der Waals surface area contributed by atoms with Gasteiger partial charge < -0.3 is 10.0 Å². The number of thiazole rings is 1. The SMILES string of the molecule is CN(CCC(=O)O)C(=O)Cc1csc(-c2ccccc2)n1. The summed E-state index contributed by atoms with van der Waals surface area (Å²) in [6, 6.07) is 9.79. The molecule has 0 spiro atoms. The third-order valence-electron chi connectivity index (χ3n) is 2.99. The van der Waals surface area contributed by atoms with Gasteiger partial charge in [0.05, 0.1) is 18.5 Å². The van der Waals surface area contributed by atoms with Crippen molar-refractivity contribution < 1.29 is 14.7 Å². The second kappa shape index (κ2) is 6.99. The summed E-state index contributed by atoms with van der Waals surface area (Å²) in [7, 11) is 1.61. The molecule has 1 N–H and O–H groups in total. The Labute approximate surface area is 126 Å². The molecule has 0 aliphatic carbocycles. The molecule has 1 heterocycles. The van der Waals surface area contributed by atoms with E-state index in [1.54, 1.807) is 7.05 Å². The summed E-state index contributed by atoms with van der Waals surface area (Å²) in [6.45, 7) is 0.212. The van der Waals surface area contributed by atoms with Crippen molar-refractivity contribution in [1.29, 1.82) is 0 Å². The van der Waals surface area contributed by atoms with Crippen molar-refractivity contribution in [2.75, 3.05) is 13.6 Å². The van der Waals surface area contributed by atoms with E-state index in [0.29, 0.717) is 5.69 Å². The lowest BCUT2D eigenvalue weighted by Crippen LogP contribution is -2.30.